The molecule has 1 aliphatic heterocycles. The molecule has 1 aromatic carbocycles. The van der Waals surface area contributed by atoms with Crippen molar-refractivity contribution in [2.45, 2.75) is 6.92 Å². The first-order chi connectivity index (χ1) is 8.61. The molecule has 4 nitrogen and oxygen atoms in total. The molecule has 0 radical (unpaired) electrons. The first-order valence-corrected chi connectivity index (χ1v) is 6.32. The van der Waals surface area contributed by atoms with Gasteiger partial charge in [0.25, 0.3) is 5.91 Å². The number of benzene rings is 1. The summed E-state index contributed by atoms with van der Waals surface area (Å²) in [4.78, 5) is 25.2. The molecule has 1 saturated heterocycles. The highest BCUT2D eigenvalue weighted by Gasteiger charge is 2.35. The lowest BCUT2D eigenvalue weighted by atomic mass is 9.98. The van der Waals surface area contributed by atoms with Gasteiger partial charge in [0.05, 0.1) is 5.92 Å². The van der Waals surface area contributed by atoms with Gasteiger partial charge < -0.3 is 10.2 Å². The van der Waals surface area contributed by atoms with E-state index in [4.69, 9.17) is 11.6 Å². The standard InChI is InChI=1S/C13H15ClN2O2/c1-2-15-12(17)10-7-16(8-10)13(18)9-3-5-11(14)6-4-9/h3-6,10H,2,7-8H2,1H3,(H,15,17). The molecule has 1 aliphatic rings. The molecule has 0 unspecified atom stereocenters. The second-order valence-corrected chi connectivity index (χ2v) is 4.74. The van der Waals surface area contributed by atoms with Crippen molar-refractivity contribution in [3.05, 3.63) is 34.9 Å². The Balaban J connectivity index is 1.90. The molecule has 1 N–H and O–H groups in total. The van der Waals surface area contributed by atoms with E-state index < -0.39 is 0 Å². The Labute approximate surface area is 111 Å². The first-order valence-electron chi connectivity index (χ1n) is 5.94. The van der Waals surface area contributed by atoms with Gasteiger partial charge in [-0.15, -0.1) is 0 Å². The number of amides is 2. The van der Waals surface area contributed by atoms with E-state index in [1.807, 2.05) is 6.92 Å². The second kappa shape index (κ2) is 5.40. The van der Waals surface area contributed by atoms with Gasteiger partial charge in [0.1, 0.15) is 0 Å². The molecule has 1 heterocycles. The normalized spacial score (nSPS) is 15.1. The molecule has 0 bridgehead atoms. The molecule has 18 heavy (non-hydrogen) atoms. The quantitative estimate of drug-likeness (QED) is 0.902. The predicted octanol–water partition coefficient (Wildman–Crippen LogP) is 1.55. The molecular formula is C13H15ClN2O2. The van der Waals surface area contributed by atoms with E-state index in [-0.39, 0.29) is 17.7 Å². The van der Waals surface area contributed by atoms with Crippen LogP contribution in [0.15, 0.2) is 24.3 Å². The first kappa shape index (κ1) is 12.9. The summed E-state index contributed by atoms with van der Waals surface area (Å²) < 4.78 is 0. The molecule has 0 aliphatic carbocycles. The van der Waals surface area contributed by atoms with Crippen LogP contribution in [0, 0.1) is 5.92 Å². The summed E-state index contributed by atoms with van der Waals surface area (Å²) in [5.41, 5.74) is 0.605. The topological polar surface area (TPSA) is 49.4 Å². The van der Waals surface area contributed by atoms with E-state index in [9.17, 15) is 9.59 Å². The van der Waals surface area contributed by atoms with Crippen molar-refractivity contribution in [3.8, 4) is 0 Å². The van der Waals surface area contributed by atoms with Crippen LogP contribution in [0.4, 0.5) is 0 Å². The van der Waals surface area contributed by atoms with Crippen LogP contribution in [0.2, 0.25) is 5.02 Å². The van der Waals surface area contributed by atoms with Crippen molar-refractivity contribution in [2.24, 2.45) is 5.92 Å². The number of halogens is 1. The van der Waals surface area contributed by atoms with Crippen LogP contribution >= 0.6 is 11.6 Å². The molecule has 0 saturated carbocycles. The smallest absolute Gasteiger partial charge is 0.253 e. The van der Waals surface area contributed by atoms with Crippen LogP contribution in [-0.2, 0) is 4.79 Å². The highest BCUT2D eigenvalue weighted by molar-refractivity contribution is 6.30. The van der Waals surface area contributed by atoms with E-state index >= 15 is 0 Å². The Hall–Kier alpha value is -1.55. The summed E-state index contributed by atoms with van der Waals surface area (Å²) >= 11 is 5.77. The minimum Gasteiger partial charge on any atom is -0.356 e. The fraction of sp³-hybridized carbons (Fsp3) is 0.385. The maximum atomic E-state index is 12.0. The van der Waals surface area contributed by atoms with Crippen molar-refractivity contribution < 1.29 is 9.59 Å². The number of nitrogens with zero attached hydrogens (tertiary/aromatic N) is 1. The SMILES string of the molecule is CCNC(=O)C1CN(C(=O)c2ccc(Cl)cc2)C1. The highest BCUT2D eigenvalue weighted by atomic mass is 35.5. The van der Waals surface area contributed by atoms with Crippen LogP contribution in [0.5, 0.6) is 0 Å². The molecule has 2 amide bonds. The van der Waals surface area contributed by atoms with Gasteiger partial charge in [-0.3, -0.25) is 9.59 Å². The number of carbonyl (C=O) groups excluding carboxylic acids is 2. The third-order valence-corrected chi connectivity index (χ3v) is 3.23. The van der Waals surface area contributed by atoms with E-state index in [2.05, 4.69) is 5.32 Å². The van der Waals surface area contributed by atoms with Crippen LogP contribution in [-0.4, -0.2) is 36.3 Å². The third kappa shape index (κ3) is 2.64. The number of rotatable bonds is 3. The maximum absolute atomic E-state index is 12.0. The van der Waals surface area contributed by atoms with Crippen LogP contribution in [0.1, 0.15) is 17.3 Å². The zero-order valence-electron chi connectivity index (χ0n) is 10.1. The molecule has 0 aromatic heterocycles. The van der Waals surface area contributed by atoms with Crippen LogP contribution in [0.3, 0.4) is 0 Å². The number of likely N-dealkylation sites (tertiary alicyclic amines) is 1. The van der Waals surface area contributed by atoms with Crippen molar-refractivity contribution in [1.82, 2.24) is 10.2 Å². The zero-order chi connectivity index (χ0) is 13.1. The molecule has 1 fully saturated rings. The van der Waals surface area contributed by atoms with E-state index in [1.54, 1.807) is 29.2 Å². The summed E-state index contributed by atoms with van der Waals surface area (Å²) in [7, 11) is 0. The number of nitrogens with one attached hydrogen (secondary N) is 1. The second-order valence-electron chi connectivity index (χ2n) is 4.31. The fourth-order valence-electron chi connectivity index (χ4n) is 1.90. The minimum absolute atomic E-state index is 0.0256. The minimum atomic E-state index is -0.0683. The maximum Gasteiger partial charge on any atom is 0.253 e. The van der Waals surface area contributed by atoms with E-state index in [0.717, 1.165) is 0 Å². The van der Waals surface area contributed by atoms with Gasteiger partial charge in [-0.2, -0.15) is 0 Å². The van der Waals surface area contributed by atoms with Gasteiger partial charge in [-0.25, -0.2) is 0 Å². The van der Waals surface area contributed by atoms with Gasteiger partial charge >= 0.3 is 0 Å². The van der Waals surface area contributed by atoms with Crippen molar-refractivity contribution in [2.75, 3.05) is 19.6 Å². The van der Waals surface area contributed by atoms with Crippen molar-refractivity contribution in [1.29, 1.82) is 0 Å². The van der Waals surface area contributed by atoms with Crippen molar-refractivity contribution >= 4 is 23.4 Å². The highest BCUT2D eigenvalue weighted by Crippen LogP contribution is 2.19. The Kier molecular flexibility index (Phi) is 3.87. The molecule has 0 atom stereocenters. The molecule has 5 heteroatoms. The van der Waals surface area contributed by atoms with Gasteiger partial charge in [-0.05, 0) is 31.2 Å². The average Bonchev–Trinajstić information content (AvgIpc) is 2.28. The summed E-state index contributed by atoms with van der Waals surface area (Å²) in [5, 5.41) is 3.37. The molecular weight excluding hydrogens is 252 g/mol. The number of carbonyl (C=O) groups is 2. The molecule has 0 spiro atoms. The predicted molar refractivity (Wildman–Crippen MR) is 69.5 cm³/mol. The van der Waals surface area contributed by atoms with E-state index in [0.29, 0.717) is 30.2 Å². The summed E-state index contributed by atoms with van der Waals surface area (Å²) in [6, 6.07) is 6.78. The van der Waals surface area contributed by atoms with Gasteiger partial charge in [0.15, 0.2) is 0 Å². The van der Waals surface area contributed by atoms with Gasteiger partial charge in [-0.1, -0.05) is 11.6 Å². The summed E-state index contributed by atoms with van der Waals surface area (Å²) in [6.07, 6.45) is 0. The van der Waals surface area contributed by atoms with Gasteiger partial charge in [0, 0.05) is 30.2 Å². The molecule has 1 aromatic rings. The Morgan fingerprint density at radius 3 is 2.50 bits per heavy atom. The number of hydrogen-bond acceptors (Lipinski definition) is 2. The number of hydrogen-bond donors (Lipinski definition) is 1. The third-order valence-electron chi connectivity index (χ3n) is 2.98. The lowest BCUT2D eigenvalue weighted by Crippen LogP contribution is -2.55. The van der Waals surface area contributed by atoms with Crippen LogP contribution in [0.25, 0.3) is 0 Å². The van der Waals surface area contributed by atoms with E-state index in [1.165, 1.54) is 0 Å². The van der Waals surface area contributed by atoms with Crippen molar-refractivity contribution in [3.63, 3.8) is 0 Å². The Morgan fingerprint density at radius 1 is 1.33 bits per heavy atom. The van der Waals surface area contributed by atoms with Crippen LogP contribution < -0.4 is 5.32 Å². The lowest BCUT2D eigenvalue weighted by Gasteiger charge is -2.38. The summed E-state index contributed by atoms with van der Waals surface area (Å²) in [6.45, 7) is 3.49. The Bertz CT molecular complexity index is 453. The van der Waals surface area contributed by atoms with Gasteiger partial charge in [0.2, 0.25) is 5.91 Å². The largest absolute Gasteiger partial charge is 0.356 e. The molecule has 96 valence electrons. The Morgan fingerprint density at radius 2 is 1.94 bits per heavy atom. The monoisotopic (exact) mass is 266 g/mol. The zero-order valence-corrected chi connectivity index (χ0v) is 10.9. The fourth-order valence-corrected chi connectivity index (χ4v) is 2.03. The molecule has 2 rings (SSSR count). The summed E-state index contributed by atoms with van der Waals surface area (Å²) in [5.74, 6) is -0.0916. The average molecular weight is 267 g/mol. The lowest BCUT2D eigenvalue weighted by molar-refractivity contribution is -0.128.